The van der Waals surface area contributed by atoms with Crippen LogP contribution in [0.1, 0.15) is 22.3 Å². The molecule has 1 aliphatic rings. The van der Waals surface area contributed by atoms with E-state index >= 15 is 0 Å². The highest BCUT2D eigenvalue weighted by molar-refractivity contribution is 6.83. The lowest BCUT2D eigenvalue weighted by Crippen LogP contribution is -2.37. The molecule has 0 spiro atoms. The van der Waals surface area contributed by atoms with Crippen LogP contribution in [0.4, 0.5) is 11.4 Å². The molecular weight excluding hydrogens is 320 g/mol. The third-order valence-electron chi connectivity index (χ3n) is 5.07. The molecule has 0 N–H and O–H groups in total. The summed E-state index contributed by atoms with van der Waals surface area (Å²) in [6.45, 7) is 17.1. The van der Waals surface area contributed by atoms with E-state index < -0.39 is 8.07 Å². The van der Waals surface area contributed by atoms with Gasteiger partial charge >= 0.3 is 0 Å². The third kappa shape index (κ3) is 3.25. The zero-order valence-electron chi connectivity index (χ0n) is 16.6. The molecule has 1 aliphatic heterocycles. The fourth-order valence-corrected chi connectivity index (χ4v) is 5.44. The Bertz CT molecular complexity index is 790. The van der Waals surface area contributed by atoms with Gasteiger partial charge in [-0.3, -0.25) is 0 Å². The van der Waals surface area contributed by atoms with E-state index in [0.717, 1.165) is 6.67 Å². The summed E-state index contributed by atoms with van der Waals surface area (Å²) in [4.78, 5) is 5.01. The van der Waals surface area contributed by atoms with Crippen molar-refractivity contribution in [3.8, 4) is 0 Å². The normalized spacial score (nSPS) is 14.9. The Hall–Kier alpha value is -2.00. The molecular formula is C22H30N2Si. The number of aryl methyl sites for hydroxylation is 4. The predicted molar refractivity (Wildman–Crippen MR) is 113 cm³/mol. The number of nitrogens with zero attached hydrogens (tertiary/aromatic N) is 2. The van der Waals surface area contributed by atoms with Gasteiger partial charge in [0.05, 0.1) is 6.67 Å². The molecule has 0 aliphatic carbocycles. The Balaban J connectivity index is 2.12. The van der Waals surface area contributed by atoms with Crippen LogP contribution in [0.25, 0.3) is 0 Å². The van der Waals surface area contributed by atoms with Crippen LogP contribution >= 0.6 is 0 Å². The predicted octanol–water partition coefficient (Wildman–Crippen LogP) is 5.92. The number of hydrogen-bond acceptors (Lipinski definition) is 2. The maximum absolute atomic E-state index is 2.56. The lowest BCUT2D eigenvalue weighted by Gasteiger charge is -2.32. The Morgan fingerprint density at radius 2 is 1.16 bits per heavy atom. The average Bonchev–Trinajstić information content (AvgIpc) is 2.91. The first kappa shape index (κ1) is 17.8. The lowest BCUT2D eigenvalue weighted by atomic mass is 10.1. The van der Waals surface area contributed by atoms with E-state index in [9.17, 15) is 0 Å². The molecule has 2 aromatic rings. The second-order valence-electron chi connectivity index (χ2n) is 8.28. The summed E-state index contributed by atoms with van der Waals surface area (Å²) in [5, 5.41) is 1.51. The van der Waals surface area contributed by atoms with Gasteiger partial charge in [-0.2, -0.15) is 0 Å². The van der Waals surface area contributed by atoms with Crippen LogP contribution in [0.3, 0.4) is 0 Å². The minimum absolute atomic E-state index is 0.900. The molecule has 0 unspecified atom stereocenters. The van der Waals surface area contributed by atoms with E-state index in [2.05, 4.69) is 99.7 Å². The minimum Gasteiger partial charge on any atom is -0.329 e. The molecule has 1 heterocycles. The first-order valence-electron chi connectivity index (χ1n) is 9.09. The van der Waals surface area contributed by atoms with Crippen LogP contribution in [0.5, 0.6) is 0 Å². The van der Waals surface area contributed by atoms with E-state index in [-0.39, 0.29) is 0 Å². The molecule has 0 saturated heterocycles. The average molecular weight is 351 g/mol. The van der Waals surface area contributed by atoms with Crippen molar-refractivity contribution < 1.29 is 0 Å². The van der Waals surface area contributed by atoms with Crippen molar-refractivity contribution in [2.45, 2.75) is 47.3 Å². The summed E-state index contributed by atoms with van der Waals surface area (Å²) >= 11 is 0. The maximum atomic E-state index is 2.56. The van der Waals surface area contributed by atoms with E-state index in [0.29, 0.717) is 0 Å². The fraction of sp³-hybridized carbons (Fsp3) is 0.364. The third-order valence-corrected chi connectivity index (χ3v) is 7.00. The Kier molecular flexibility index (Phi) is 4.54. The van der Waals surface area contributed by atoms with E-state index in [1.165, 1.54) is 38.9 Å². The van der Waals surface area contributed by atoms with Gasteiger partial charge in [0.2, 0.25) is 0 Å². The van der Waals surface area contributed by atoms with Gasteiger partial charge in [0.1, 0.15) is 8.07 Å². The number of hydrogen-bond donors (Lipinski definition) is 0. The second-order valence-corrected chi connectivity index (χ2v) is 13.3. The number of anilines is 2. The monoisotopic (exact) mass is 350 g/mol. The summed E-state index contributed by atoms with van der Waals surface area (Å²) in [6, 6.07) is 13.2. The van der Waals surface area contributed by atoms with Gasteiger partial charge in [0, 0.05) is 22.9 Å². The zero-order chi connectivity index (χ0) is 18.4. The number of rotatable bonds is 3. The molecule has 2 nitrogen and oxygen atoms in total. The highest BCUT2D eigenvalue weighted by Crippen LogP contribution is 2.38. The molecule has 25 heavy (non-hydrogen) atoms. The highest BCUT2D eigenvalue weighted by Gasteiger charge is 2.34. The van der Waals surface area contributed by atoms with Gasteiger partial charge in [0.25, 0.3) is 0 Å². The summed E-state index contributed by atoms with van der Waals surface area (Å²) < 4.78 is 0. The molecule has 132 valence electrons. The number of para-hydroxylation sites is 2. The lowest BCUT2D eigenvalue weighted by molar-refractivity contribution is 0.947. The van der Waals surface area contributed by atoms with Gasteiger partial charge in [-0.1, -0.05) is 56.0 Å². The first-order valence-corrected chi connectivity index (χ1v) is 12.6. The SMILES string of the molecule is Cc1cccc(C)c1N1C=C([Si](C)(C)C)N(c2c(C)cccc2C)C1. The topological polar surface area (TPSA) is 6.48 Å². The Morgan fingerprint density at radius 1 is 0.720 bits per heavy atom. The van der Waals surface area contributed by atoms with E-state index in [1.807, 2.05) is 0 Å². The second kappa shape index (κ2) is 6.38. The van der Waals surface area contributed by atoms with Crippen LogP contribution in [0.2, 0.25) is 19.6 Å². The van der Waals surface area contributed by atoms with Crippen molar-refractivity contribution in [3.63, 3.8) is 0 Å². The molecule has 0 saturated carbocycles. The molecule has 0 bridgehead atoms. The van der Waals surface area contributed by atoms with Crippen molar-refractivity contribution >= 4 is 19.4 Å². The standard InChI is InChI=1S/C22H30N2Si/c1-16-10-8-11-17(2)21(16)23-14-20(25(5,6)7)24(15-23)22-18(3)12-9-13-19(22)4/h8-14H,15H2,1-7H3. The molecule has 0 aromatic heterocycles. The van der Waals surface area contributed by atoms with Gasteiger partial charge in [-0.25, -0.2) is 0 Å². The maximum Gasteiger partial charge on any atom is 0.100 e. The van der Waals surface area contributed by atoms with Crippen LogP contribution < -0.4 is 9.80 Å². The summed E-state index contributed by atoms with van der Waals surface area (Å²) in [5.41, 5.74) is 8.13. The largest absolute Gasteiger partial charge is 0.329 e. The van der Waals surface area contributed by atoms with Crippen molar-refractivity contribution in [1.82, 2.24) is 0 Å². The van der Waals surface area contributed by atoms with Gasteiger partial charge in [-0.15, -0.1) is 0 Å². The molecule has 0 fully saturated rings. The van der Waals surface area contributed by atoms with Gasteiger partial charge in [-0.05, 0) is 49.9 Å². The molecule has 2 aromatic carbocycles. The quantitative estimate of drug-likeness (QED) is 0.634. The smallest absolute Gasteiger partial charge is 0.100 e. The van der Waals surface area contributed by atoms with Crippen LogP contribution in [0.15, 0.2) is 47.9 Å². The highest BCUT2D eigenvalue weighted by atomic mass is 28.3. The van der Waals surface area contributed by atoms with Gasteiger partial charge < -0.3 is 9.80 Å². The molecule has 3 heteroatoms. The molecule has 0 atom stereocenters. The summed E-state index contributed by atoms with van der Waals surface area (Å²) in [5.74, 6) is 0. The van der Waals surface area contributed by atoms with Crippen molar-refractivity contribution in [2.75, 3.05) is 16.5 Å². The van der Waals surface area contributed by atoms with E-state index in [1.54, 1.807) is 0 Å². The Labute approximate surface area is 153 Å². The van der Waals surface area contributed by atoms with Crippen molar-refractivity contribution in [1.29, 1.82) is 0 Å². The first-order chi connectivity index (χ1) is 11.7. The van der Waals surface area contributed by atoms with Crippen molar-refractivity contribution in [2.24, 2.45) is 0 Å². The van der Waals surface area contributed by atoms with Crippen LogP contribution in [-0.4, -0.2) is 14.7 Å². The van der Waals surface area contributed by atoms with Gasteiger partial charge in [0.15, 0.2) is 0 Å². The number of benzene rings is 2. The summed E-state index contributed by atoms with van der Waals surface area (Å²) in [7, 11) is -1.48. The minimum atomic E-state index is -1.48. The molecule has 3 rings (SSSR count). The summed E-state index contributed by atoms with van der Waals surface area (Å²) in [6.07, 6.45) is 2.41. The van der Waals surface area contributed by atoms with Crippen molar-refractivity contribution in [3.05, 3.63) is 70.2 Å². The zero-order valence-corrected chi connectivity index (χ0v) is 17.6. The molecule has 0 amide bonds. The Morgan fingerprint density at radius 3 is 1.60 bits per heavy atom. The van der Waals surface area contributed by atoms with Crippen LogP contribution in [-0.2, 0) is 0 Å². The van der Waals surface area contributed by atoms with Crippen LogP contribution in [0, 0.1) is 27.7 Å². The fourth-order valence-electron chi connectivity index (χ4n) is 3.90. The van der Waals surface area contributed by atoms with E-state index in [4.69, 9.17) is 0 Å². The molecule has 0 radical (unpaired) electrons.